The molecule has 0 radical (unpaired) electrons. The van der Waals surface area contributed by atoms with Crippen LogP contribution in [-0.4, -0.2) is 0 Å². The quantitative estimate of drug-likeness (QED) is 0.205. The molecule has 0 saturated carbocycles. The lowest BCUT2D eigenvalue weighted by Crippen LogP contribution is -2.09. The Hall–Kier alpha value is -5.18. The largest absolute Gasteiger partial charge is 0.310 e. The Morgan fingerprint density at radius 3 is 1.71 bits per heavy atom. The van der Waals surface area contributed by atoms with E-state index in [1.807, 2.05) is 11.3 Å². The van der Waals surface area contributed by atoms with Crippen LogP contribution in [0.2, 0.25) is 0 Å². The summed E-state index contributed by atoms with van der Waals surface area (Å²) < 4.78 is 2.65. The molecule has 2 heteroatoms. The molecule has 0 amide bonds. The molecule has 0 aliphatic carbocycles. The van der Waals surface area contributed by atoms with Crippen LogP contribution >= 0.6 is 11.3 Å². The molecule has 0 saturated heterocycles. The van der Waals surface area contributed by atoms with Crippen LogP contribution in [0.15, 0.2) is 164 Å². The lowest BCUT2D eigenvalue weighted by atomic mass is 9.95. The second-order valence-electron chi connectivity index (χ2n) is 10.6. The monoisotopic (exact) mass is 553 g/mol. The number of rotatable bonds is 5. The van der Waals surface area contributed by atoms with E-state index >= 15 is 0 Å². The Labute approximate surface area is 249 Å². The summed E-state index contributed by atoms with van der Waals surface area (Å²) in [7, 11) is 0. The van der Waals surface area contributed by atoms with Gasteiger partial charge in [-0.3, -0.25) is 0 Å². The van der Waals surface area contributed by atoms with E-state index in [0.29, 0.717) is 0 Å². The molecule has 1 heterocycles. The fourth-order valence-corrected chi connectivity index (χ4v) is 7.29. The average molecular weight is 554 g/mol. The highest BCUT2D eigenvalue weighted by Crippen LogP contribution is 2.46. The van der Waals surface area contributed by atoms with Gasteiger partial charge in [0.05, 0.1) is 0 Å². The van der Waals surface area contributed by atoms with Crippen molar-refractivity contribution in [3.05, 3.63) is 164 Å². The summed E-state index contributed by atoms with van der Waals surface area (Å²) in [5, 5.41) is 5.21. The van der Waals surface area contributed by atoms with Gasteiger partial charge in [-0.1, -0.05) is 115 Å². The van der Waals surface area contributed by atoms with Crippen molar-refractivity contribution in [2.75, 3.05) is 4.90 Å². The molecule has 0 fully saturated rings. The molecule has 1 aromatic heterocycles. The molecule has 0 atom stereocenters. The van der Waals surface area contributed by atoms with Crippen LogP contribution in [-0.2, 0) is 0 Å². The van der Waals surface area contributed by atoms with Crippen LogP contribution in [0, 0.1) is 0 Å². The molecule has 0 bridgehead atoms. The summed E-state index contributed by atoms with van der Waals surface area (Å²) >= 11 is 1.89. The molecule has 8 aromatic rings. The first-order valence-corrected chi connectivity index (χ1v) is 15.1. The van der Waals surface area contributed by atoms with Gasteiger partial charge in [0.15, 0.2) is 0 Å². The normalized spacial score (nSPS) is 11.3. The number of hydrogen-bond donors (Lipinski definition) is 0. The van der Waals surface area contributed by atoms with Gasteiger partial charge in [-0.15, -0.1) is 11.3 Å². The molecule has 0 N–H and O–H groups in total. The summed E-state index contributed by atoms with van der Waals surface area (Å²) in [4.78, 5) is 2.36. The van der Waals surface area contributed by atoms with Crippen molar-refractivity contribution in [1.82, 2.24) is 0 Å². The highest BCUT2D eigenvalue weighted by Gasteiger charge is 2.18. The fraction of sp³-hybridized carbons (Fsp3) is 0. The standard InChI is InChI=1S/C40H27NS/c1-4-12-28(13-5-1)29-20-22-33(23-21-29)41(32-17-8-3-9-18-32)34-24-25-38-37(27-34)39-36(30-14-6-2-7-15-30)26-31-16-10-11-19-35(31)40(39)42-38/h1-27H. The SMILES string of the molecule is c1ccc(-c2ccc(N(c3ccccc3)c3ccc4sc5c6ccccc6cc(-c6ccccc6)c5c4c3)cc2)cc1. The van der Waals surface area contributed by atoms with Gasteiger partial charge in [0.2, 0.25) is 0 Å². The number of thiophene rings is 1. The molecule has 0 aliphatic rings. The number of nitrogens with zero attached hydrogens (tertiary/aromatic N) is 1. The van der Waals surface area contributed by atoms with Crippen LogP contribution < -0.4 is 4.90 Å². The Balaban J connectivity index is 1.35. The van der Waals surface area contributed by atoms with E-state index in [1.165, 1.54) is 53.2 Å². The summed E-state index contributed by atoms with van der Waals surface area (Å²) in [6.07, 6.45) is 0. The molecular formula is C40H27NS. The van der Waals surface area contributed by atoms with E-state index in [-0.39, 0.29) is 0 Å². The van der Waals surface area contributed by atoms with E-state index in [0.717, 1.165) is 17.1 Å². The zero-order valence-electron chi connectivity index (χ0n) is 22.9. The molecule has 198 valence electrons. The third-order valence-electron chi connectivity index (χ3n) is 8.04. The van der Waals surface area contributed by atoms with Crippen LogP contribution in [0.3, 0.4) is 0 Å². The zero-order valence-corrected chi connectivity index (χ0v) is 23.8. The van der Waals surface area contributed by atoms with E-state index in [2.05, 4.69) is 169 Å². The van der Waals surface area contributed by atoms with E-state index < -0.39 is 0 Å². The Morgan fingerprint density at radius 1 is 0.405 bits per heavy atom. The maximum Gasteiger partial charge on any atom is 0.0468 e. The first-order valence-electron chi connectivity index (χ1n) is 14.3. The van der Waals surface area contributed by atoms with Crippen LogP contribution in [0.1, 0.15) is 0 Å². The first-order chi connectivity index (χ1) is 20.8. The van der Waals surface area contributed by atoms with Gasteiger partial charge in [-0.05, 0) is 81.6 Å². The highest BCUT2D eigenvalue weighted by molar-refractivity contribution is 7.26. The number of fused-ring (bicyclic) bond motifs is 5. The molecule has 0 aliphatic heterocycles. The number of para-hydroxylation sites is 1. The van der Waals surface area contributed by atoms with Gasteiger partial charge in [-0.2, -0.15) is 0 Å². The summed E-state index contributed by atoms with van der Waals surface area (Å²) in [5.41, 5.74) is 8.38. The Bertz CT molecular complexity index is 2160. The minimum absolute atomic E-state index is 1.13. The Morgan fingerprint density at radius 2 is 0.976 bits per heavy atom. The van der Waals surface area contributed by atoms with Crippen molar-refractivity contribution in [1.29, 1.82) is 0 Å². The first kappa shape index (κ1) is 24.6. The number of anilines is 3. The van der Waals surface area contributed by atoms with Crippen molar-refractivity contribution in [3.8, 4) is 22.3 Å². The molecule has 7 aromatic carbocycles. The van der Waals surface area contributed by atoms with Gasteiger partial charge < -0.3 is 4.90 Å². The zero-order chi connectivity index (χ0) is 27.9. The predicted molar refractivity (Wildman–Crippen MR) is 182 cm³/mol. The second-order valence-corrected chi connectivity index (χ2v) is 11.6. The third kappa shape index (κ3) is 4.25. The van der Waals surface area contributed by atoms with E-state index in [4.69, 9.17) is 0 Å². The van der Waals surface area contributed by atoms with Crippen LogP contribution in [0.25, 0.3) is 53.2 Å². The van der Waals surface area contributed by atoms with E-state index in [9.17, 15) is 0 Å². The summed E-state index contributed by atoms with van der Waals surface area (Å²) in [5.74, 6) is 0. The molecule has 8 rings (SSSR count). The second kappa shape index (κ2) is 10.3. The van der Waals surface area contributed by atoms with Crippen molar-refractivity contribution >= 4 is 59.3 Å². The van der Waals surface area contributed by atoms with Crippen LogP contribution in [0.5, 0.6) is 0 Å². The van der Waals surface area contributed by atoms with Crippen molar-refractivity contribution in [2.24, 2.45) is 0 Å². The fourth-order valence-electron chi connectivity index (χ4n) is 6.04. The van der Waals surface area contributed by atoms with E-state index in [1.54, 1.807) is 0 Å². The minimum atomic E-state index is 1.13. The molecule has 0 unspecified atom stereocenters. The van der Waals surface area contributed by atoms with Gasteiger partial charge in [0.25, 0.3) is 0 Å². The smallest absolute Gasteiger partial charge is 0.0468 e. The minimum Gasteiger partial charge on any atom is -0.310 e. The predicted octanol–water partition coefficient (Wildman–Crippen LogP) is 12.0. The number of benzene rings is 7. The van der Waals surface area contributed by atoms with Crippen molar-refractivity contribution in [3.63, 3.8) is 0 Å². The molecule has 42 heavy (non-hydrogen) atoms. The summed E-state index contributed by atoms with van der Waals surface area (Å²) in [6, 6.07) is 59.0. The lowest BCUT2D eigenvalue weighted by molar-refractivity contribution is 1.29. The molecule has 0 spiro atoms. The summed E-state index contributed by atoms with van der Waals surface area (Å²) in [6.45, 7) is 0. The van der Waals surface area contributed by atoms with Crippen molar-refractivity contribution in [2.45, 2.75) is 0 Å². The maximum absolute atomic E-state index is 2.38. The van der Waals surface area contributed by atoms with Gasteiger partial charge >= 0.3 is 0 Å². The van der Waals surface area contributed by atoms with Gasteiger partial charge in [0.1, 0.15) is 0 Å². The lowest BCUT2D eigenvalue weighted by Gasteiger charge is -2.26. The molecule has 1 nitrogen and oxygen atoms in total. The molecular weight excluding hydrogens is 527 g/mol. The Kier molecular flexibility index (Phi) is 6.05. The topological polar surface area (TPSA) is 3.24 Å². The number of hydrogen-bond acceptors (Lipinski definition) is 2. The van der Waals surface area contributed by atoms with Gasteiger partial charge in [-0.25, -0.2) is 0 Å². The maximum atomic E-state index is 2.38. The highest BCUT2D eigenvalue weighted by atomic mass is 32.1. The van der Waals surface area contributed by atoms with Gasteiger partial charge in [0, 0.05) is 37.2 Å². The average Bonchev–Trinajstić information content (AvgIpc) is 3.46. The van der Waals surface area contributed by atoms with Crippen LogP contribution in [0.4, 0.5) is 17.1 Å². The van der Waals surface area contributed by atoms with Crippen molar-refractivity contribution < 1.29 is 0 Å². The third-order valence-corrected chi connectivity index (χ3v) is 9.24.